The molecule has 2 unspecified atom stereocenters. The molecular weight excluding hydrogens is 198 g/mol. The molecule has 88 valence electrons. The molecule has 0 aliphatic carbocycles. The number of aliphatic hydroxyl groups is 1. The first kappa shape index (κ1) is 11.6. The molecule has 2 N–H and O–H groups in total. The minimum Gasteiger partial charge on any atom is -0.384 e. The van der Waals surface area contributed by atoms with Crippen LogP contribution >= 0.6 is 0 Å². The Labute approximate surface area is 97.7 Å². The van der Waals surface area contributed by atoms with E-state index in [0.717, 1.165) is 31.4 Å². The highest BCUT2D eigenvalue weighted by molar-refractivity contribution is 5.25. The second-order valence-corrected chi connectivity index (χ2v) is 4.69. The number of nitrogens with one attached hydrogen (secondary N) is 1. The molecule has 0 spiro atoms. The predicted molar refractivity (Wildman–Crippen MR) is 66.3 cm³/mol. The number of benzene rings is 1. The van der Waals surface area contributed by atoms with Crippen LogP contribution in [0.25, 0.3) is 0 Å². The van der Waals surface area contributed by atoms with E-state index in [4.69, 9.17) is 0 Å². The van der Waals surface area contributed by atoms with Gasteiger partial charge in [0.05, 0.1) is 0 Å². The van der Waals surface area contributed by atoms with Crippen molar-refractivity contribution in [3.05, 3.63) is 35.9 Å². The quantitative estimate of drug-likeness (QED) is 0.815. The van der Waals surface area contributed by atoms with Crippen molar-refractivity contribution >= 4 is 0 Å². The molecule has 0 bridgehead atoms. The third kappa shape index (κ3) is 2.13. The second-order valence-electron chi connectivity index (χ2n) is 4.69. The summed E-state index contributed by atoms with van der Waals surface area (Å²) in [5.41, 5.74) is 0.364. The van der Waals surface area contributed by atoms with Crippen molar-refractivity contribution < 1.29 is 5.11 Å². The van der Waals surface area contributed by atoms with Crippen molar-refractivity contribution in [1.29, 1.82) is 0 Å². The summed E-state index contributed by atoms with van der Waals surface area (Å²) in [6, 6.07) is 10.3. The molecule has 0 saturated carbocycles. The zero-order valence-corrected chi connectivity index (χ0v) is 9.95. The minimum absolute atomic E-state index is 0.217. The summed E-state index contributed by atoms with van der Waals surface area (Å²) < 4.78 is 0. The van der Waals surface area contributed by atoms with E-state index < -0.39 is 5.60 Å². The van der Waals surface area contributed by atoms with Gasteiger partial charge in [-0.15, -0.1) is 0 Å². The zero-order chi connectivity index (χ0) is 11.4. The van der Waals surface area contributed by atoms with Crippen molar-refractivity contribution in [3.63, 3.8) is 0 Å². The fraction of sp³-hybridized carbons (Fsp3) is 0.571. The van der Waals surface area contributed by atoms with Crippen LogP contribution in [0.1, 0.15) is 38.2 Å². The summed E-state index contributed by atoms with van der Waals surface area (Å²) in [5.74, 6) is 0. The Morgan fingerprint density at radius 2 is 2.12 bits per heavy atom. The molecule has 1 fully saturated rings. The van der Waals surface area contributed by atoms with E-state index in [1.54, 1.807) is 0 Å². The highest BCUT2D eigenvalue weighted by atomic mass is 16.3. The first-order valence-electron chi connectivity index (χ1n) is 6.28. The number of rotatable bonds is 4. The van der Waals surface area contributed by atoms with Crippen LogP contribution < -0.4 is 5.32 Å². The molecule has 1 aromatic rings. The molecule has 1 heterocycles. The molecule has 2 heteroatoms. The standard InChI is InChI=1S/C14H21NO/c1-2-10-14(16,13-9-6-11-15-13)12-7-4-3-5-8-12/h3-5,7-8,13,15-16H,2,6,9-11H2,1H3. The van der Waals surface area contributed by atoms with Crippen molar-refractivity contribution in [1.82, 2.24) is 5.32 Å². The highest BCUT2D eigenvalue weighted by Crippen LogP contribution is 2.33. The van der Waals surface area contributed by atoms with Gasteiger partial charge in [0.25, 0.3) is 0 Å². The number of hydrogen-bond donors (Lipinski definition) is 2. The van der Waals surface area contributed by atoms with Crippen LogP contribution in [-0.4, -0.2) is 17.7 Å². The van der Waals surface area contributed by atoms with Gasteiger partial charge in [-0.05, 0) is 31.4 Å². The predicted octanol–water partition coefficient (Wildman–Crippen LogP) is 2.43. The molecule has 1 saturated heterocycles. The van der Waals surface area contributed by atoms with Crippen molar-refractivity contribution in [2.45, 2.75) is 44.2 Å². The van der Waals surface area contributed by atoms with Gasteiger partial charge in [-0.3, -0.25) is 0 Å². The van der Waals surface area contributed by atoms with Crippen LogP contribution in [0.2, 0.25) is 0 Å². The Morgan fingerprint density at radius 3 is 2.69 bits per heavy atom. The second kappa shape index (κ2) is 4.98. The maximum Gasteiger partial charge on any atom is 0.105 e. The van der Waals surface area contributed by atoms with Crippen LogP contribution in [0.5, 0.6) is 0 Å². The van der Waals surface area contributed by atoms with E-state index in [1.807, 2.05) is 30.3 Å². The molecule has 1 aliphatic rings. The zero-order valence-electron chi connectivity index (χ0n) is 9.95. The molecule has 2 nitrogen and oxygen atoms in total. The van der Waals surface area contributed by atoms with E-state index in [9.17, 15) is 5.11 Å². The number of hydrogen-bond acceptors (Lipinski definition) is 2. The van der Waals surface area contributed by atoms with E-state index in [2.05, 4.69) is 12.2 Å². The van der Waals surface area contributed by atoms with E-state index in [-0.39, 0.29) is 6.04 Å². The van der Waals surface area contributed by atoms with Gasteiger partial charge in [0, 0.05) is 6.04 Å². The fourth-order valence-corrected chi connectivity index (χ4v) is 2.72. The molecule has 0 amide bonds. The first-order chi connectivity index (χ1) is 7.77. The van der Waals surface area contributed by atoms with Crippen LogP contribution in [0.4, 0.5) is 0 Å². The Morgan fingerprint density at radius 1 is 1.38 bits per heavy atom. The smallest absolute Gasteiger partial charge is 0.105 e. The Kier molecular flexibility index (Phi) is 3.62. The normalized spacial score (nSPS) is 24.2. The summed E-state index contributed by atoms with van der Waals surface area (Å²) >= 11 is 0. The molecule has 1 aliphatic heterocycles. The van der Waals surface area contributed by atoms with Crippen molar-refractivity contribution in [2.75, 3.05) is 6.54 Å². The molecule has 2 atom stereocenters. The summed E-state index contributed by atoms with van der Waals surface area (Å²) in [5, 5.41) is 14.4. The lowest BCUT2D eigenvalue weighted by molar-refractivity contribution is -0.00638. The lowest BCUT2D eigenvalue weighted by Crippen LogP contribution is -2.45. The molecule has 0 aromatic heterocycles. The molecule has 16 heavy (non-hydrogen) atoms. The summed E-state index contributed by atoms with van der Waals surface area (Å²) in [6.07, 6.45) is 4.08. The molecule has 0 radical (unpaired) electrons. The van der Waals surface area contributed by atoms with Crippen LogP contribution in [-0.2, 0) is 5.60 Å². The van der Waals surface area contributed by atoms with Crippen LogP contribution in [0, 0.1) is 0 Å². The Balaban J connectivity index is 2.27. The third-order valence-electron chi connectivity index (χ3n) is 3.54. The molecule has 2 rings (SSSR count). The lowest BCUT2D eigenvalue weighted by atomic mass is 9.82. The van der Waals surface area contributed by atoms with E-state index >= 15 is 0 Å². The van der Waals surface area contributed by atoms with Gasteiger partial charge in [-0.2, -0.15) is 0 Å². The molecular formula is C14H21NO. The van der Waals surface area contributed by atoms with Gasteiger partial charge in [-0.25, -0.2) is 0 Å². The monoisotopic (exact) mass is 219 g/mol. The Hall–Kier alpha value is -0.860. The topological polar surface area (TPSA) is 32.3 Å². The van der Waals surface area contributed by atoms with Gasteiger partial charge < -0.3 is 10.4 Å². The summed E-state index contributed by atoms with van der Waals surface area (Å²) in [7, 11) is 0. The fourth-order valence-electron chi connectivity index (χ4n) is 2.72. The summed E-state index contributed by atoms with van der Waals surface area (Å²) in [6.45, 7) is 3.16. The van der Waals surface area contributed by atoms with E-state index in [1.165, 1.54) is 6.42 Å². The minimum atomic E-state index is -0.688. The first-order valence-corrected chi connectivity index (χ1v) is 6.28. The van der Waals surface area contributed by atoms with Gasteiger partial charge >= 0.3 is 0 Å². The van der Waals surface area contributed by atoms with Crippen molar-refractivity contribution in [2.24, 2.45) is 0 Å². The SMILES string of the molecule is CCCC(O)(c1ccccc1)C1CCCN1. The van der Waals surface area contributed by atoms with Gasteiger partial charge in [0.15, 0.2) is 0 Å². The lowest BCUT2D eigenvalue weighted by Gasteiger charge is -2.34. The van der Waals surface area contributed by atoms with E-state index in [0.29, 0.717) is 0 Å². The van der Waals surface area contributed by atoms with Crippen LogP contribution in [0.3, 0.4) is 0 Å². The third-order valence-corrected chi connectivity index (χ3v) is 3.54. The highest BCUT2D eigenvalue weighted by Gasteiger charge is 2.38. The largest absolute Gasteiger partial charge is 0.384 e. The average Bonchev–Trinajstić information content (AvgIpc) is 2.84. The van der Waals surface area contributed by atoms with Gasteiger partial charge in [0.1, 0.15) is 5.60 Å². The summed E-state index contributed by atoms with van der Waals surface area (Å²) in [4.78, 5) is 0. The Bertz CT molecular complexity index is 319. The van der Waals surface area contributed by atoms with Crippen molar-refractivity contribution in [3.8, 4) is 0 Å². The van der Waals surface area contributed by atoms with Crippen LogP contribution in [0.15, 0.2) is 30.3 Å². The maximum absolute atomic E-state index is 10.9. The van der Waals surface area contributed by atoms with Gasteiger partial charge in [-0.1, -0.05) is 43.7 Å². The molecule has 1 aromatic carbocycles. The maximum atomic E-state index is 10.9. The van der Waals surface area contributed by atoms with Gasteiger partial charge in [0.2, 0.25) is 0 Å². The average molecular weight is 219 g/mol.